The van der Waals surface area contributed by atoms with Gasteiger partial charge in [0.25, 0.3) is 0 Å². The molecule has 0 amide bonds. The first kappa shape index (κ1) is 7.74. The highest BCUT2D eigenvalue weighted by atomic mass is 19.1. The summed E-state index contributed by atoms with van der Waals surface area (Å²) in [6.07, 6.45) is 2.96. The number of aryl methyl sites for hydroxylation is 1. The van der Waals surface area contributed by atoms with Crippen LogP contribution < -0.4 is 5.73 Å². The van der Waals surface area contributed by atoms with Crippen LogP contribution in [0.15, 0.2) is 18.2 Å². The van der Waals surface area contributed by atoms with E-state index in [-0.39, 0.29) is 11.9 Å². The topological polar surface area (TPSA) is 26.0 Å². The number of halogens is 1. The van der Waals surface area contributed by atoms with E-state index in [1.54, 1.807) is 6.07 Å². The molecule has 0 heterocycles. The molecular weight excluding hydrogens is 153 g/mol. The molecule has 0 aromatic heterocycles. The standard InChI is InChI=1S/C10H12FN/c11-8-5-1-3-7-4-2-6-9(12)10(7)8/h1,3,5,9H,2,4,6,12H2/t9-/m1/s1. The zero-order valence-corrected chi connectivity index (χ0v) is 6.89. The molecule has 1 aromatic carbocycles. The summed E-state index contributed by atoms with van der Waals surface area (Å²) in [5.74, 6) is -0.139. The second-order valence-corrected chi connectivity index (χ2v) is 3.31. The molecule has 1 aliphatic rings. The zero-order valence-electron chi connectivity index (χ0n) is 6.89. The lowest BCUT2D eigenvalue weighted by Gasteiger charge is -2.22. The summed E-state index contributed by atoms with van der Waals surface area (Å²) in [6.45, 7) is 0. The lowest BCUT2D eigenvalue weighted by atomic mass is 9.88. The molecule has 2 N–H and O–H groups in total. The molecule has 0 saturated carbocycles. The molecule has 0 saturated heterocycles. The van der Waals surface area contributed by atoms with Crippen LogP contribution in [0.2, 0.25) is 0 Å². The molecule has 2 rings (SSSR count). The van der Waals surface area contributed by atoms with Gasteiger partial charge in [0.15, 0.2) is 0 Å². The van der Waals surface area contributed by atoms with Gasteiger partial charge >= 0.3 is 0 Å². The van der Waals surface area contributed by atoms with Crippen molar-refractivity contribution in [2.24, 2.45) is 5.73 Å². The maximum atomic E-state index is 13.2. The second-order valence-electron chi connectivity index (χ2n) is 3.31. The number of nitrogens with two attached hydrogens (primary N) is 1. The molecule has 64 valence electrons. The average Bonchev–Trinajstić information content (AvgIpc) is 2.04. The van der Waals surface area contributed by atoms with E-state index in [4.69, 9.17) is 5.73 Å². The summed E-state index contributed by atoms with van der Waals surface area (Å²) >= 11 is 0. The van der Waals surface area contributed by atoms with Gasteiger partial charge in [-0.05, 0) is 30.9 Å². The second kappa shape index (κ2) is 2.87. The highest BCUT2D eigenvalue weighted by Crippen LogP contribution is 2.29. The Morgan fingerprint density at radius 3 is 3.00 bits per heavy atom. The quantitative estimate of drug-likeness (QED) is 0.626. The maximum absolute atomic E-state index is 13.2. The Hall–Kier alpha value is -0.890. The van der Waals surface area contributed by atoms with Gasteiger partial charge in [0.2, 0.25) is 0 Å². The fraction of sp³-hybridized carbons (Fsp3) is 0.400. The van der Waals surface area contributed by atoms with Gasteiger partial charge in [-0.15, -0.1) is 0 Å². The van der Waals surface area contributed by atoms with Crippen molar-refractivity contribution in [3.05, 3.63) is 35.1 Å². The first-order valence-corrected chi connectivity index (χ1v) is 4.32. The molecular formula is C10H12FN. The van der Waals surface area contributed by atoms with Gasteiger partial charge in [-0.1, -0.05) is 12.1 Å². The highest BCUT2D eigenvalue weighted by Gasteiger charge is 2.19. The van der Waals surface area contributed by atoms with Crippen LogP contribution in [0.4, 0.5) is 4.39 Å². The lowest BCUT2D eigenvalue weighted by molar-refractivity contribution is 0.518. The van der Waals surface area contributed by atoms with E-state index in [0.717, 1.165) is 30.4 Å². The van der Waals surface area contributed by atoms with Crippen LogP contribution >= 0.6 is 0 Å². The summed E-state index contributed by atoms with van der Waals surface area (Å²) < 4.78 is 13.2. The smallest absolute Gasteiger partial charge is 0.128 e. The molecule has 0 unspecified atom stereocenters. The van der Waals surface area contributed by atoms with Crippen LogP contribution in [0.1, 0.15) is 30.0 Å². The van der Waals surface area contributed by atoms with Crippen molar-refractivity contribution in [1.82, 2.24) is 0 Å². The van der Waals surface area contributed by atoms with Gasteiger partial charge in [-0.2, -0.15) is 0 Å². The number of hydrogen-bond donors (Lipinski definition) is 1. The third kappa shape index (κ3) is 1.12. The van der Waals surface area contributed by atoms with Crippen LogP contribution in [0.5, 0.6) is 0 Å². The third-order valence-electron chi connectivity index (χ3n) is 2.48. The summed E-state index contributed by atoms with van der Waals surface area (Å²) in [4.78, 5) is 0. The zero-order chi connectivity index (χ0) is 8.55. The summed E-state index contributed by atoms with van der Waals surface area (Å²) in [6, 6.07) is 5.13. The normalized spacial score (nSPS) is 22.0. The van der Waals surface area contributed by atoms with Gasteiger partial charge in [-0.3, -0.25) is 0 Å². The minimum atomic E-state index is -0.139. The Labute approximate surface area is 71.4 Å². The van der Waals surface area contributed by atoms with Crippen molar-refractivity contribution in [1.29, 1.82) is 0 Å². The fourth-order valence-electron chi connectivity index (χ4n) is 1.87. The van der Waals surface area contributed by atoms with Gasteiger partial charge in [0.1, 0.15) is 5.82 Å². The fourth-order valence-corrected chi connectivity index (χ4v) is 1.87. The van der Waals surface area contributed by atoms with E-state index < -0.39 is 0 Å². The number of benzene rings is 1. The van der Waals surface area contributed by atoms with Crippen molar-refractivity contribution >= 4 is 0 Å². The molecule has 1 aliphatic carbocycles. The molecule has 0 aliphatic heterocycles. The summed E-state index contributed by atoms with van der Waals surface area (Å²) in [5.41, 5.74) is 7.64. The highest BCUT2D eigenvalue weighted by molar-refractivity contribution is 5.33. The predicted molar refractivity (Wildman–Crippen MR) is 46.3 cm³/mol. The van der Waals surface area contributed by atoms with Crippen molar-refractivity contribution in [2.45, 2.75) is 25.3 Å². The summed E-state index contributed by atoms with van der Waals surface area (Å²) in [5, 5.41) is 0. The van der Waals surface area contributed by atoms with E-state index in [2.05, 4.69) is 0 Å². The first-order chi connectivity index (χ1) is 5.79. The molecule has 12 heavy (non-hydrogen) atoms. The molecule has 0 spiro atoms. The van der Waals surface area contributed by atoms with Crippen molar-refractivity contribution in [3.63, 3.8) is 0 Å². The van der Waals surface area contributed by atoms with Gasteiger partial charge in [0, 0.05) is 11.6 Å². The molecule has 1 nitrogen and oxygen atoms in total. The minimum absolute atomic E-state index is 0.0880. The van der Waals surface area contributed by atoms with Crippen LogP contribution in [-0.4, -0.2) is 0 Å². The Balaban J connectivity index is 2.53. The molecule has 0 bridgehead atoms. The predicted octanol–water partition coefficient (Wildman–Crippen LogP) is 2.16. The minimum Gasteiger partial charge on any atom is -0.324 e. The average molecular weight is 165 g/mol. The Morgan fingerprint density at radius 1 is 1.42 bits per heavy atom. The monoisotopic (exact) mass is 165 g/mol. The Bertz CT molecular complexity index is 296. The van der Waals surface area contributed by atoms with Crippen LogP contribution in [-0.2, 0) is 6.42 Å². The van der Waals surface area contributed by atoms with Crippen molar-refractivity contribution < 1.29 is 4.39 Å². The number of rotatable bonds is 0. The molecule has 0 fully saturated rings. The van der Waals surface area contributed by atoms with Gasteiger partial charge in [0.05, 0.1) is 0 Å². The van der Waals surface area contributed by atoms with E-state index >= 15 is 0 Å². The van der Waals surface area contributed by atoms with Crippen molar-refractivity contribution in [3.8, 4) is 0 Å². The number of hydrogen-bond acceptors (Lipinski definition) is 1. The molecule has 1 aromatic rings. The van der Waals surface area contributed by atoms with E-state index in [1.807, 2.05) is 6.07 Å². The molecule has 2 heteroatoms. The van der Waals surface area contributed by atoms with Crippen LogP contribution in [0.3, 0.4) is 0 Å². The largest absolute Gasteiger partial charge is 0.324 e. The number of fused-ring (bicyclic) bond motifs is 1. The van der Waals surface area contributed by atoms with Crippen LogP contribution in [0, 0.1) is 5.82 Å². The van der Waals surface area contributed by atoms with Gasteiger partial charge in [-0.25, -0.2) is 4.39 Å². The maximum Gasteiger partial charge on any atom is 0.128 e. The van der Waals surface area contributed by atoms with E-state index in [0.29, 0.717) is 0 Å². The Kier molecular flexibility index (Phi) is 1.85. The van der Waals surface area contributed by atoms with E-state index in [1.165, 1.54) is 6.07 Å². The Morgan fingerprint density at radius 2 is 2.25 bits per heavy atom. The van der Waals surface area contributed by atoms with Gasteiger partial charge < -0.3 is 5.73 Å². The molecule has 0 radical (unpaired) electrons. The van der Waals surface area contributed by atoms with Crippen LogP contribution in [0.25, 0.3) is 0 Å². The third-order valence-corrected chi connectivity index (χ3v) is 2.48. The summed E-state index contributed by atoms with van der Waals surface area (Å²) in [7, 11) is 0. The SMILES string of the molecule is N[C@@H]1CCCc2cccc(F)c21. The molecule has 1 atom stereocenters. The lowest BCUT2D eigenvalue weighted by Crippen LogP contribution is -2.18. The van der Waals surface area contributed by atoms with Crippen molar-refractivity contribution in [2.75, 3.05) is 0 Å². The first-order valence-electron chi connectivity index (χ1n) is 4.32. The van der Waals surface area contributed by atoms with E-state index in [9.17, 15) is 4.39 Å².